The third-order valence-electron chi connectivity index (χ3n) is 9.11. The number of benzene rings is 1. The second-order valence-electron chi connectivity index (χ2n) is 11.9. The molecular formula is C32H33FN6O2S. The van der Waals surface area contributed by atoms with Crippen LogP contribution in [-0.4, -0.2) is 46.1 Å². The second kappa shape index (κ2) is 10.7. The highest BCUT2D eigenvalue weighted by molar-refractivity contribution is 7.14. The highest BCUT2D eigenvalue weighted by Gasteiger charge is 2.39. The Morgan fingerprint density at radius 1 is 1.00 bits per heavy atom. The second-order valence-corrected chi connectivity index (χ2v) is 13.0. The molecule has 216 valence electrons. The number of aromatic amines is 1. The fourth-order valence-corrected chi connectivity index (χ4v) is 8.02. The molecular weight excluding hydrogens is 551 g/mol. The summed E-state index contributed by atoms with van der Waals surface area (Å²) in [6.45, 7) is 3.87. The Hall–Kier alpha value is -3.89. The maximum atomic E-state index is 14.9. The van der Waals surface area contributed by atoms with Crippen LogP contribution < -0.4 is 16.2 Å². The number of amides is 1. The first-order chi connectivity index (χ1) is 20.3. The van der Waals surface area contributed by atoms with Gasteiger partial charge in [0, 0.05) is 22.1 Å². The molecule has 3 aromatic heterocycles. The number of nitrogens with one attached hydrogen (secondary N) is 3. The Bertz CT molecular complexity index is 1700. The van der Waals surface area contributed by atoms with Gasteiger partial charge in [0.1, 0.15) is 11.5 Å². The smallest absolute Gasteiger partial charge is 0.271 e. The van der Waals surface area contributed by atoms with Crippen molar-refractivity contribution in [2.75, 3.05) is 30.8 Å². The molecule has 0 radical (unpaired) electrons. The van der Waals surface area contributed by atoms with Crippen LogP contribution in [-0.2, 0) is 0 Å². The van der Waals surface area contributed by atoms with Gasteiger partial charge in [-0.15, -0.1) is 16.4 Å². The molecule has 2 atom stereocenters. The zero-order chi connectivity index (χ0) is 29.0. The Kier molecular flexibility index (Phi) is 6.90. The molecule has 10 heteroatoms. The van der Waals surface area contributed by atoms with E-state index in [9.17, 15) is 14.0 Å². The summed E-state index contributed by atoms with van der Waals surface area (Å²) in [5, 5.41) is 14.6. The Morgan fingerprint density at radius 2 is 1.81 bits per heavy atom. The third kappa shape index (κ3) is 5.03. The standard InChI is InChI=1S/C32H33FN6O2S/c1-17-22(15-27(31(40)34-17)35-29-8-7-25(37-38-29)18-9-11-39(2)12-10-18)20-5-6-24(33)26(14-20)36-32(41)28-16-23-19-3-4-21(13-19)30(23)42-28/h5-8,14-16,18-19,21H,3-4,9-13H2,1-2H3,(H,34,40)(H,35,38)(H,36,41). The highest BCUT2D eigenvalue weighted by Crippen LogP contribution is 2.56. The Balaban J connectivity index is 1.10. The Labute approximate surface area is 247 Å². The number of piperidine rings is 1. The molecule has 1 aliphatic heterocycles. The molecule has 3 aliphatic rings. The maximum Gasteiger partial charge on any atom is 0.271 e. The van der Waals surface area contributed by atoms with Crippen LogP contribution in [0, 0.1) is 12.7 Å². The molecule has 1 saturated carbocycles. The predicted molar refractivity (Wildman–Crippen MR) is 164 cm³/mol. The van der Waals surface area contributed by atoms with Gasteiger partial charge in [0.2, 0.25) is 0 Å². The van der Waals surface area contributed by atoms with Gasteiger partial charge in [-0.3, -0.25) is 9.59 Å². The quantitative estimate of drug-likeness (QED) is 0.239. The van der Waals surface area contributed by atoms with Gasteiger partial charge >= 0.3 is 0 Å². The van der Waals surface area contributed by atoms with Gasteiger partial charge in [0.05, 0.1) is 16.3 Å². The fourth-order valence-electron chi connectivity index (χ4n) is 6.73. The number of nitrogens with zero attached hydrogens (tertiary/aromatic N) is 3. The van der Waals surface area contributed by atoms with Crippen molar-refractivity contribution < 1.29 is 9.18 Å². The molecule has 1 saturated heterocycles. The summed E-state index contributed by atoms with van der Waals surface area (Å²) in [6, 6.07) is 12.1. The van der Waals surface area contributed by atoms with Crippen LogP contribution >= 0.6 is 11.3 Å². The lowest BCUT2D eigenvalue weighted by Crippen LogP contribution is -2.29. The minimum Gasteiger partial charge on any atom is -0.334 e. The van der Waals surface area contributed by atoms with E-state index in [1.54, 1.807) is 25.1 Å². The number of fused-ring (bicyclic) bond motifs is 5. The average molecular weight is 585 g/mol. The van der Waals surface area contributed by atoms with E-state index in [4.69, 9.17) is 0 Å². The van der Waals surface area contributed by atoms with Crippen molar-refractivity contribution in [1.82, 2.24) is 20.1 Å². The molecule has 2 aliphatic carbocycles. The van der Waals surface area contributed by atoms with Crippen molar-refractivity contribution in [1.29, 1.82) is 0 Å². The lowest BCUT2D eigenvalue weighted by atomic mass is 9.94. The number of likely N-dealkylation sites (tertiary alicyclic amines) is 1. The van der Waals surface area contributed by atoms with Gasteiger partial charge in [-0.2, -0.15) is 5.10 Å². The van der Waals surface area contributed by atoms with Crippen molar-refractivity contribution in [2.24, 2.45) is 0 Å². The van der Waals surface area contributed by atoms with E-state index in [-0.39, 0.29) is 17.2 Å². The van der Waals surface area contributed by atoms with Crippen molar-refractivity contribution in [3.63, 3.8) is 0 Å². The fraction of sp³-hybridized carbons (Fsp3) is 0.375. The lowest BCUT2D eigenvalue weighted by molar-refractivity contribution is 0.103. The maximum absolute atomic E-state index is 14.9. The number of carbonyl (C=O) groups excluding carboxylic acids is 1. The van der Waals surface area contributed by atoms with Gasteiger partial charge in [-0.05, 0) is 119 Å². The van der Waals surface area contributed by atoms with Crippen LogP contribution in [0.15, 0.2) is 47.3 Å². The van der Waals surface area contributed by atoms with E-state index in [0.717, 1.165) is 31.6 Å². The number of rotatable bonds is 6. The van der Waals surface area contributed by atoms with E-state index in [1.807, 2.05) is 18.2 Å². The van der Waals surface area contributed by atoms with Crippen molar-refractivity contribution in [3.05, 3.63) is 85.3 Å². The minimum absolute atomic E-state index is 0.101. The number of carbonyl (C=O) groups is 1. The van der Waals surface area contributed by atoms with Crippen LogP contribution in [0.5, 0.6) is 0 Å². The molecule has 0 spiro atoms. The third-order valence-corrected chi connectivity index (χ3v) is 10.4. The number of aryl methyl sites for hydroxylation is 1. The molecule has 1 aromatic carbocycles. The monoisotopic (exact) mass is 584 g/mol. The lowest BCUT2D eigenvalue weighted by Gasteiger charge is -2.28. The Morgan fingerprint density at radius 3 is 2.57 bits per heavy atom. The zero-order valence-corrected chi connectivity index (χ0v) is 24.5. The van der Waals surface area contributed by atoms with Crippen LogP contribution in [0.2, 0.25) is 0 Å². The first-order valence-corrected chi connectivity index (χ1v) is 15.4. The van der Waals surface area contributed by atoms with Gasteiger partial charge in [0.15, 0.2) is 5.82 Å². The van der Waals surface area contributed by atoms with E-state index in [2.05, 4.69) is 37.8 Å². The van der Waals surface area contributed by atoms with E-state index < -0.39 is 5.82 Å². The van der Waals surface area contributed by atoms with Gasteiger partial charge in [-0.1, -0.05) is 6.07 Å². The summed E-state index contributed by atoms with van der Waals surface area (Å²) in [4.78, 5) is 33.1. The number of hydrogen-bond donors (Lipinski definition) is 3. The van der Waals surface area contributed by atoms with Crippen molar-refractivity contribution in [2.45, 2.75) is 56.8 Å². The van der Waals surface area contributed by atoms with Gasteiger partial charge in [-0.25, -0.2) is 4.39 Å². The normalized spacial score (nSPS) is 20.1. The molecule has 2 unspecified atom stereocenters. The van der Waals surface area contributed by atoms with E-state index in [1.165, 1.54) is 47.1 Å². The van der Waals surface area contributed by atoms with E-state index >= 15 is 0 Å². The summed E-state index contributed by atoms with van der Waals surface area (Å²) in [6.07, 6.45) is 5.69. The molecule has 1 amide bonds. The van der Waals surface area contributed by atoms with Crippen LogP contribution in [0.25, 0.3) is 11.1 Å². The highest BCUT2D eigenvalue weighted by atomic mass is 32.1. The number of thiophene rings is 1. The molecule has 2 fully saturated rings. The number of anilines is 3. The number of halogens is 1. The summed E-state index contributed by atoms with van der Waals surface area (Å²) in [5.74, 6) is 1.18. The number of aromatic nitrogens is 3. The van der Waals surface area contributed by atoms with E-state index in [0.29, 0.717) is 51.0 Å². The first-order valence-electron chi connectivity index (χ1n) is 14.6. The summed E-state index contributed by atoms with van der Waals surface area (Å²) in [7, 11) is 2.13. The van der Waals surface area contributed by atoms with Crippen molar-refractivity contribution >= 4 is 34.4 Å². The molecule has 2 bridgehead atoms. The molecule has 42 heavy (non-hydrogen) atoms. The SMILES string of the molecule is Cc1[nH]c(=O)c(Nc2ccc(C3CCN(C)CC3)nn2)cc1-c1ccc(F)c(NC(=O)c2cc3c(s2)C2CCC3C2)c1. The van der Waals surface area contributed by atoms with Crippen LogP contribution in [0.3, 0.4) is 0 Å². The number of hydrogen-bond acceptors (Lipinski definition) is 7. The van der Waals surface area contributed by atoms with Gasteiger partial charge in [0.25, 0.3) is 11.5 Å². The summed E-state index contributed by atoms with van der Waals surface area (Å²) in [5.41, 5.74) is 4.37. The summed E-state index contributed by atoms with van der Waals surface area (Å²) < 4.78 is 14.9. The molecule has 4 heterocycles. The largest absolute Gasteiger partial charge is 0.334 e. The topological polar surface area (TPSA) is 103 Å². The van der Waals surface area contributed by atoms with Crippen molar-refractivity contribution in [3.8, 4) is 11.1 Å². The number of pyridine rings is 1. The minimum atomic E-state index is -0.517. The number of H-pyrrole nitrogens is 1. The van der Waals surface area contributed by atoms with Crippen LogP contribution in [0.1, 0.15) is 81.4 Å². The summed E-state index contributed by atoms with van der Waals surface area (Å²) >= 11 is 1.54. The average Bonchev–Trinajstić information content (AvgIpc) is 3.71. The molecule has 8 nitrogen and oxygen atoms in total. The molecule has 7 rings (SSSR count). The molecule has 4 aromatic rings. The van der Waals surface area contributed by atoms with Gasteiger partial charge < -0.3 is 20.5 Å². The van der Waals surface area contributed by atoms with Crippen LogP contribution in [0.4, 0.5) is 21.6 Å². The zero-order valence-electron chi connectivity index (χ0n) is 23.7. The first kappa shape index (κ1) is 27.0. The molecule has 3 N–H and O–H groups in total. The predicted octanol–water partition coefficient (Wildman–Crippen LogP) is 6.51.